The standard InChI is InChI=1S/C24H28N2O2/c1-18-6-4-9-22(14-18)26-13-11-20(17-26)16-25-23(27)21-8-5-7-19(15-21)10-12-24(2,3)28/h4-9,14-15,20,28H,11,13,16-17H2,1-3H3,(H,25,27). The molecule has 4 heteroatoms. The molecule has 1 atom stereocenters. The van der Waals surface area contributed by atoms with Gasteiger partial charge in [-0.2, -0.15) is 0 Å². The molecular formula is C24H28N2O2. The van der Waals surface area contributed by atoms with Crippen LogP contribution in [0.2, 0.25) is 0 Å². The van der Waals surface area contributed by atoms with Gasteiger partial charge in [0, 0.05) is 36.4 Å². The van der Waals surface area contributed by atoms with E-state index >= 15 is 0 Å². The number of hydrogen-bond donors (Lipinski definition) is 2. The molecule has 0 saturated carbocycles. The second-order valence-electron chi connectivity index (χ2n) is 8.04. The normalized spacial score (nSPS) is 16.4. The average Bonchev–Trinajstić information content (AvgIpc) is 3.13. The molecule has 28 heavy (non-hydrogen) atoms. The number of carbonyl (C=O) groups excluding carboxylic acids is 1. The second kappa shape index (κ2) is 8.50. The van der Waals surface area contributed by atoms with Gasteiger partial charge in [-0.3, -0.25) is 4.79 Å². The van der Waals surface area contributed by atoms with Crippen molar-refractivity contribution in [1.82, 2.24) is 5.32 Å². The molecule has 1 aliphatic heterocycles. The van der Waals surface area contributed by atoms with Gasteiger partial charge >= 0.3 is 0 Å². The van der Waals surface area contributed by atoms with E-state index < -0.39 is 5.60 Å². The lowest BCUT2D eigenvalue weighted by atomic mass is 10.1. The van der Waals surface area contributed by atoms with E-state index in [1.165, 1.54) is 11.3 Å². The molecule has 0 aromatic heterocycles. The lowest BCUT2D eigenvalue weighted by Crippen LogP contribution is -2.31. The summed E-state index contributed by atoms with van der Waals surface area (Å²) in [7, 11) is 0. The Kier molecular flexibility index (Phi) is 6.06. The fourth-order valence-corrected chi connectivity index (χ4v) is 3.36. The largest absolute Gasteiger partial charge is 0.378 e. The molecule has 1 fully saturated rings. The Morgan fingerprint density at radius 1 is 1.25 bits per heavy atom. The molecule has 1 aliphatic rings. The number of hydrogen-bond acceptors (Lipinski definition) is 3. The summed E-state index contributed by atoms with van der Waals surface area (Å²) in [6.45, 7) is 8.03. The first-order chi connectivity index (χ1) is 13.3. The maximum absolute atomic E-state index is 12.5. The first-order valence-corrected chi connectivity index (χ1v) is 9.75. The number of amides is 1. The number of rotatable bonds is 4. The zero-order chi connectivity index (χ0) is 20.1. The van der Waals surface area contributed by atoms with Crippen molar-refractivity contribution in [3.8, 4) is 11.8 Å². The Morgan fingerprint density at radius 3 is 2.79 bits per heavy atom. The van der Waals surface area contributed by atoms with Crippen LogP contribution in [0.25, 0.3) is 0 Å². The van der Waals surface area contributed by atoms with Crippen LogP contribution in [0.3, 0.4) is 0 Å². The monoisotopic (exact) mass is 376 g/mol. The van der Waals surface area contributed by atoms with Crippen molar-refractivity contribution in [1.29, 1.82) is 0 Å². The molecule has 0 radical (unpaired) electrons. The van der Waals surface area contributed by atoms with E-state index in [0.717, 1.165) is 25.1 Å². The molecule has 0 aliphatic carbocycles. The molecule has 1 unspecified atom stereocenters. The molecule has 2 N–H and O–H groups in total. The number of aliphatic hydroxyl groups is 1. The van der Waals surface area contributed by atoms with Gasteiger partial charge in [-0.05, 0) is 69.0 Å². The maximum Gasteiger partial charge on any atom is 0.251 e. The van der Waals surface area contributed by atoms with E-state index in [2.05, 4.69) is 53.2 Å². The highest BCUT2D eigenvalue weighted by molar-refractivity contribution is 5.94. The Balaban J connectivity index is 1.55. The SMILES string of the molecule is Cc1cccc(N2CCC(CNC(=O)c3cccc(C#CC(C)(C)O)c3)C2)c1. The van der Waals surface area contributed by atoms with Gasteiger partial charge in [0.05, 0.1) is 0 Å². The fraction of sp³-hybridized carbons (Fsp3) is 0.375. The van der Waals surface area contributed by atoms with Gasteiger partial charge in [-0.15, -0.1) is 0 Å². The van der Waals surface area contributed by atoms with Crippen molar-refractivity contribution < 1.29 is 9.90 Å². The third-order valence-corrected chi connectivity index (χ3v) is 4.84. The number of nitrogens with one attached hydrogen (secondary N) is 1. The third-order valence-electron chi connectivity index (χ3n) is 4.84. The van der Waals surface area contributed by atoms with Crippen LogP contribution in [0.15, 0.2) is 48.5 Å². The molecule has 1 heterocycles. The summed E-state index contributed by atoms with van der Waals surface area (Å²) in [6.07, 6.45) is 1.07. The van der Waals surface area contributed by atoms with E-state index in [0.29, 0.717) is 18.0 Å². The summed E-state index contributed by atoms with van der Waals surface area (Å²) >= 11 is 0. The van der Waals surface area contributed by atoms with Crippen LogP contribution in [-0.4, -0.2) is 36.2 Å². The summed E-state index contributed by atoms with van der Waals surface area (Å²) < 4.78 is 0. The number of carbonyl (C=O) groups is 1. The minimum absolute atomic E-state index is 0.0825. The number of anilines is 1. The minimum atomic E-state index is -1.05. The van der Waals surface area contributed by atoms with Gasteiger partial charge < -0.3 is 15.3 Å². The molecule has 0 bridgehead atoms. The Bertz CT molecular complexity index is 903. The Morgan fingerprint density at radius 2 is 2.04 bits per heavy atom. The topological polar surface area (TPSA) is 52.6 Å². The molecule has 0 spiro atoms. The van der Waals surface area contributed by atoms with Gasteiger partial charge in [0.25, 0.3) is 5.91 Å². The summed E-state index contributed by atoms with van der Waals surface area (Å²) in [5.74, 6) is 6.06. The summed E-state index contributed by atoms with van der Waals surface area (Å²) in [4.78, 5) is 14.9. The lowest BCUT2D eigenvalue weighted by Gasteiger charge is -2.19. The first-order valence-electron chi connectivity index (χ1n) is 9.75. The third kappa shape index (κ3) is 5.61. The van der Waals surface area contributed by atoms with E-state index in [-0.39, 0.29) is 5.91 Å². The van der Waals surface area contributed by atoms with Crippen LogP contribution in [0, 0.1) is 24.7 Å². The quantitative estimate of drug-likeness (QED) is 0.805. The van der Waals surface area contributed by atoms with Crippen molar-refractivity contribution in [3.05, 3.63) is 65.2 Å². The van der Waals surface area contributed by atoms with Crippen LogP contribution >= 0.6 is 0 Å². The van der Waals surface area contributed by atoms with Crippen LogP contribution in [0.4, 0.5) is 5.69 Å². The smallest absolute Gasteiger partial charge is 0.251 e. The van der Waals surface area contributed by atoms with Crippen LogP contribution < -0.4 is 10.2 Å². The summed E-state index contributed by atoms with van der Waals surface area (Å²) in [5, 5.41) is 12.8. The van der Waals surface area contributed by atoms with Gasteiger partial charge in [0.15, 0.2) is 0 Å². The van der Waals surface area contributed by atoms with Crippen LogP contribution in [-0.2, 0) is 0 Å². The predicted octanol–water partition coefficient (Wildman–Crippen LogP) is 3.37. The maximum atomic E-state index is 12.5. The molecular weight excluding hydrogens is 348 g/mol. The van der Waals surface area contributed by atoms with E-state index in [4.69, 9.17) is 0 Å². The van der Waals surface area contributed by atoms with Crippen LogP contribution in [0.1, 0.15) is 41.8 Å². The molecule has 1 saturated heterocycles. The summed E-state index contributed by atoms with van der Waals surface area (Å²) in [5.41, 5.74) is 2.79. The zero-order valence-electron chi connectivity index (χ0n) is 16.8. The van der Waals surface area contributed by atoms with E-state index in [1.54, 1.807) is 26.0 Å². The first kappa shape index (κ1) is 20.0. The van der Waals surface area contributed by atoms with E-state index in [9.17, 15) is 9.90 Å². The predicted molar refractivity (Wildman–Crippen MR) is 113 cm³/mol. The molecule has 1 amide bonds. The van der Waals surface area contributed by atoms with Crippen molar-refractivity contribution in [3.63, 3.8) is 0 Å². The molecule has 2 aromatic rings. The molecule has 4 nitrogen and oxygen atoms in total. The highest BCUT2D eigenvalue weighted by Gasteiger charge is 2.23. The Hall–Kier alpha value is -2.77. The Labute approximate surface area is 167 Å². The van der Waals surface area contributed by atoms with Crippen molar-refractivity contribution >= 4 is 11.6 Å². The van der Waals surface area contributed by atoms with Gasteiger partial charge in [0.2, 0.25) is 0 Å². The highest BCUT2D eigenvalue weighted by Crippen LogP contribution is 2.24. The minimum Gasteiger partial charge on any atom is -0.378 e. The fourth-order valence-electron chi connectivity index (χ4n) is 3.36. The van der Waals surface area contributed by atoms with Gasteiger partial charge in [0.1, 0.15) is 5.60 Å². The zero-order valence-corrected chi connectivity index (χ0v) is 16.8. The molecule has 2 aromatic carbocycles. The number of aryl methyl sites for hydroxylation is 1. The highest BCUT2D eigenvalue weighted by atomic mass is 16.3. The lowest BCUT2D eigenvalue weighted by molar-refractivity contribution is 0.0948. The molecule has 3 rings (SSSR count). The van der Waals surface area contributed by atoms with Crippen molar-refractivity contribution in [2.75, 3.05) is 24.5 Å². The second-order valence-corrected chi connectivity index (χ2v) is 8.04. The van der Waals surface area contributed by atoms with Crippen molar-refractivity contribution in [2.24, 2.45) is 5.92 Å². The van der Waals surface area contributed by atoms with Gasteiger partial charge in [-0.1, -0.05) is 30.0 Å². The number of nitrogens with zero attached hydrogens (tertiary/aromatic N) is 1. The van der Waals surface area contributed by atoms with Crippen LogP contribution in [0.5, 0.6) is 0 Å². The van der Waals surface area contributed by atoms with Crippen molar-refractivity contribution in [2.45, 2.75) is 32.8 Å². The van der Waals surface area contributed by atoms with E-state index in [1.807, 2.05) is 12.1 Å². The van der Waals surface area contributed by atoms with Gasteiger partial charge in [-0.25, -0.2) is 0 Å². The summed E-state index contributed by atoms with van der Waals surface area (Å²) in [6, 6.07) is 15.8. The average molecular weight is 377 g/mol. The molecule has 146 valence electrons. The number of benzene rings is 2.